The molecule has 0 saturated heterocycles. The molecule has 29 heavy (non-hydrogen) atoms. The number of benzene rings is 2. The van der Waals surface area contributed by atoms with Gasteiger partial charge in [0.1, 0.15) is 12.2 Å². The van der Waals surface area contributed by atoms with Crippen LogP contribution >= 0.6 is 0 Å². The van der Waals surface area contributed by atoms with Crippen molar-refractivity contribution in [1.82, 2.24) is 24.8 Å². The van der Waals surface area contributed by atoms with E-state index in [2.05, 4.69) is 64.7 Å². The fraction of sp³-hybridized carbons (Fsp3) is 0.217. The molecule has 144 valence electrons. The van der Waals surface area contributed by atoms with Gasteiger partial charge in [-0.25, -0.2) is 15.0 Å². The van der Waals surface area contributed by atoms with Crippen LogP contribution in [0.15, 0.2) is 71.9 Å². The molecule has 6 nitrogen and oxygen atoms in total. The van der Waals surface area contributed by atoms with Crippen LogP contribution in [0.3, 0.4) is 0 Å². The fourth-order valence-corrected chi connectivity index (χ4v) is 4.03. The average molecular weight is 383 g/mol. The quantitative estimate of drug-likeness (QED) is 0.588. The Labute approximate surface area is 168 Å². The van der Waals surface area contributed by atoms with Gasteiger partial charge in [0.15, 0.2) is 0 Å². The summed E-state index contributed by atoms with van der Waals surface area (Å²) < 4.78 is 1.73. The summed E-state index contributed by atoms with van der Waals surface area (Å²) in [5.41, 5.74) is 2.43. The second-order valence-electron chi connectivity index (χ2n) is 7.50. The maximum Gasteiger partial charge on any atom is 0.255 e. The van der Waals surface area contributed by atoms with Crippen molar-refractivity contribution in [2.75, 3.05) is 0 Å². The van der Waals surface area contributed by atoms with Crippen molar-refractivity contribution >= 4 is 10.8 Å². The zero-order valence-electron chi connectivity index (χ0n) is 16.1. The molecule has 0 spiro atoms. The molecular weight excluding hydrogens is 362 g/mol. The summed E-state index contributed by atoms with van der Waals surface area (Å²) in [5.74, 6) is 0.893. The lowest BCUT2D eigenvalue weighted by atomic mass is 9.90. The second kappa shape index (κ2) is 7.22. The summed E-state index contributed by atoms with van der Waals surface area (Å²) in [5, 5.41) is 5.90. The van der Waals surface area contributed by atoms with E-state index in [9.17, 15) is 4.79 Å². The van der Waals surface area contributed by atoms with E-state index in [0.29, 0.717) is 18.1 Å². The Morgan fingerprint density at radius 1 is 1.07 bits per heavy atom. The van der Waals surface area contributed by atoms with E-state index in [4.69, 9.17) is 4.98 Å². The minimum atomic E-state index is -0.0634. The van der Waals surface area contributed by atoms with Crippen LogP contribution in [0, 0.1) is 0 Å². The SMILES string of the molecule is CC1NCn2c(nc(-c3ccncn3)cc2=O)C1Cc1ccc2ccccc2c1. The maximum absolute atomic E-state index is 12.8. The Hall–Kier alpha value is -3.38. The van der Waals surface area contributed by atoms with Crippen LogP contribution in [-0.4, -0.2) is 25.6 Å². The lowest BCUT2D eigenvalue weighted by molar-refractivity contribution is 0.330. The van der Waals surface area contributed by atoms with Gasteiger partial charge in [-0.3, -0.25) is 14.7 Å². The van der Waals surface area contributed by atoms with Crippen LogP contribution < -0.4 is 10.9 Å². The van der Waals surface area contributed by atoms with Crippen LogP contribution in [-0.2, 0) is 13.1 Å². The summed E-state index contributed by atoms with van der Waals surface area (Å²) in [4.78, 5) is 25.9. The fourth-order valence-electron chi connectivity index (χ4n) is 4.03. The van der Waals surface area contributed by atoms with Crippen LogP contribution in [0.4, 0.5) is 0 Å². The Morgan fingerprint density at radius 3 is 2.76 bits per heavy atom. The van der Waals surface area contributed by atoms with Crippen LogP contribution in [0.1, 0.15) is 24.2 Å². The minimum Gasteiger partial charge on any atom is -0.296 e. The molecule has 2 aromatic heterocycles. The highest BCUT2D eigenvalue weighted by atomic mass is 16.1. The van der Waals surface area contributed by atoms with Gasteiger partial charge in [0.25, 0.3) is 5.56 Å². The number of hydrogen-bond acceptors (Lipinski definition) is 5. The highest BCUT2D eigenvalue weighted by Crippen LogP contribution is 2.28. The van der Waals surface area contributed by atoms with Crippen molar-refractivity contribution in [2.24, 2.45) is 0 Å². The molecule has 0 aliphatic carbocycles. The summed E-state index contributed by atoms with van der Waals surface area (Å²) in [7, 11) is 0. The van der Waals surface area contributed by atoms with Crippen molar-refractivity contribution < 1.29 is 0 Å². The average Bonchev–Trinajstić information content (AvgIpc) is 2.76. The largest absolute Gasteiger partial charge is 0.296 e. The molecule has 0 radical (unpaired) electrons. The zero-order chi connectivity index (χ0) is 19.8. The Morgan fingerprint density at radius 2 is 1.93 bits per heavy atom. The molecule has 6 heteroatoms. The van der Waals surface area contributed by atoms with Gasteiger partial charge in [-0.05, 0) is 35.7 Å². The van der Waals surface area contributed by atoms with Gasteiger partial charge in [-0.2, -0.15) is 0 Å². The molecule has 0 amide bonds. The maximum atomic E-state index is 12.8. The summed E-state index contributed by atoms with van der Waals surface area (Å²) in [6.07, 6.45) is 3.95. The molecular formula is C23H21N5O. The highest BCUT2D eigenvalue weighted by molar-refractivity contribution is 5.83. The summed E-state index contributed by atoms with van der Waals surface area (Å²) in [6.45, 7) is 2.62. The van der Waals surface area contributed by atoms with Crippen molar-refractivity contribution in [1.29, 1.82) is 0 Å². The van der Waals surface area contributed by atoms with E-state index in [1.165, 1.54) is 22.7 Å². The topological polar surface area (TPSA) is 72.7 Å². The molecule has 2 atom stereocenters. The Balaban J connectivity index is 1.57. The van der Waals surface area contributed by atoms with Crippen molar-refractivity contribution in [3.05, 3.63) is 88.9 Å². The van der Waals surface area contributed by atoms with Gasteiger partial charge in [0, 0.05) is 24.2 Å². The normalized spacial score (nSPS) is 18.5. The summed E-state index contributed by atoms with van der Waals surface area (Å²) in [6, 6.07) is 18.4. The number of nitrogens with zero attached hydrogens (tertiary/aromatic N) is 4. The third-order valence-electron chi connectivity index (χ3n) is 5.66. The smallest absolute Gasteiger partial charge is 0.255 e. The van der Waals surface area contributed by atoms with Crippen molar-refractivity contribution in [3.8, 4) is 11.4 Å². The van der Waals surface area contributed by atoms with Crippen LogP contribution in [0.2, 0.25) is 0 Å². The van der Waals surface area contributed by atoms with Gasteiger partial charge in [0.2, 0.25) is 0 Å². The number of hydrogen-bond donors (Lipinski definition) is 1. The van der Waals surface area contributed by atoms with E-state index in [1.54, 1.807) is 22.9 Å². The first-order valence-corrected chi connectivity index (χ1v) is 9.78. The highest BCUT2D eigenvalue weighted by Gasteiger charge is 2.29. The minimum absolute atomic E-state index is 0.0634. The molecule has 2 aromatic carbocycles. The predicted octanol–water partition coefficient (Wildman–Crippen LogP) is 3.13. The molecule has 2 unspecified atom stereocenters. The zero-order valence-corrected chi connectivity index (χ0v) is 16.1. The second-order valence-corrected chi connectivity index (χ2v) is 7.50. The van der Waals surface area contributed by atoms with Gasteiger partial charge >= 0.3 is 0 Å². The number of aromatic nitrogens is 4. The standard InChI is InChI=1S/C23H21N5O/c1-15-19(11-16-6-7-17-4-2-3-5-18(17)10-16)23-27-21(20-8-9-24-13-25-20)12-22(29)28(23)14-26-15/h2-10,12-13,15,19,26H,11,14H2,1H3. The molecule has 0 fully saturated rings. The van der Waals surface area contributed by atoms with Gasteiger partial charge in [0.05, 0.1) is 18.1 Å². The van der Waals surface area contributed by atoms with Gasteiger partial charge in [-0.1, -0.05) is 42.5 Å². The Kier molecular flexibility index (Phi) is 4.41. The van der Waals surface area contributed by atoms with Crippen LogP contribution in [0.5, 0.6) is 0 Å². The van der Waals surface area contributed by atoms with Gasteiger partial charge < -0.3 is 0 Å². The lowest BCUT2D eigenvalue weighted by Gasteiger charge is -2.32. The van der Waals surface area contributed by atoms with Gasteiger partial charge in [-0.15, -0.1) is 0 Å². The third-order valence-corrected chi connectivity index (χ3v) is 5.66. The van der Waals surface area contributed by atoms with Crippen LogP contribution in [0.25, 0.3) is 22.2 Å². The molecule has 0 saturated carbocycles. The van der Waals surface area contributed by atoms with E-state index in [0.717, 1.165) is 12.2 Å². The number of fused-ring (bicyclic) bond motifs is 2. The number of nitrogens with one attached hydrogen (secondary N) is 1. The first-order chi connectivity index (χ1) is 14.2. The molecule has 0 bridgehead atoms. The summed E-state index contributed by atoms with van der Waals surface area (Å²) >= 11 is 0. The predicted molar refractivity (Wildman–Crippen MR) is 113 cm³/mol. The third kappa shape index (κ3) is 3.32. The molecule has 3 heterocycles. The monoisotopic (exact) mass is 383 g/mol. The van der Waals surface area contributed by atoms with Crippen molar-refractivity contribution in [2.45, 2.75) is 32.0 Å². The Bertz CT molecular complexity index is 1230. The van der Waals surface area contributed by atoms with E-state index in [1.807, 2.05) is 0 Å². The van der Waals surface area contributed by atoms with E-state index in [-0.39, 0.29) is 17.5 Å². The first-order valence-electron chi connectivity index (χ1n) is 9.78. The van der Waals surface area contributed by atoms with Crippen molar-refractivity contribution in [3.63, 3.8) is 0 Å². The number of rotatable bonds is 3. The molecule has 1 aliphatic heterocycles. The molecule has 5 rings (SSSR count). The molecule has 1 N–H and O–H groups in total. The van der Waals surface area contributed by atoms with E-state index < -0.39 is 0 Å². The van der Waals surface area contributed by atoms with E-state index >= 15 is 0 Å². The first kappa shape index (κ1) is 17.7. The lowest BCUT2D eigenvalue weighted by Crippen LogP contribution is -2.46. The molecule has 4 aromatic rings. The molecule has 1 aliphatic rings.